The fourth-order valence-corrected chi connectivity index (χ4v) is 3.34. The third-order valence-electron chi connectivity index (χ3n) is 4.24. The summed E-state index contributed by atoms with van der Waals surface area (Å²) < 4.78 is 13.7. The van der Waals surface area contributed by atoms with Crippen molar-refractivity contribution in [3.63, 3.8) is 0 Å². The van der Waals surface area contributed by atoms with E-state index in [1.807, 2.05) is 0 Å². The van der Waals surface area contributed by atoms with Crippen LogP contribution in [0.5, 0.6) is 0 Å². The Kier molecular flexibility index (Phi) is 3.76. The highest BCUT2D eigenvalue weighted by Crippen LogP contribution is 2.24. The summed E-state index contributed by atoms with van der Waals surface area (Å²) in [5.74, 6) is -0.331. The van der Waals surface area contributed by atoms with Gasteiger partial charge in [-0.15, -0.1) is 0 Å². The summed E-state index contributed by atoms with van der Waals surface area (Å²) in [5.41, 5.74) is 0.425. The van der Waals surface area contributed by atoms with E-state index in [1.54, 1.807) is 12.1 Å². The average Bonchev–Trinajstić information content (AvgIpc) is 2.44. The van der Waals surface area contributed by atoms with Crippen LogP contribution in [0.3, 0.4) is 0 Å². The lowest BCUT2D eigenvalue weighted by Crippen LogP contribution is -2.64. The first-order valence-corrected chi connectivity index (χ1v) is 7.10. The molecule has 1 aromatic carbocycles. The number of halogens is 2. The average molecular weight is 285 g/mol. The third kappa shape index (κ3) is 2.63. The van der Waals surface area contributed by atoms with E-state index < -0.39 is 6.10 Å². The molecule has 104 valence electrons. The smallest absolute Gasteiger partial charge is 0.127 e. The molecule has 0 aromatic heterocycles. The van der Waals surface area contributed by atoms with Crippen molar-refractivity contribution < 1.29 is 9.50 Å². The predicted molar refractivity (Wildman–Crippen MR) is 72.9 cm³/mol. The standard InChI is InChI=1S/C14H18ClFN2O/c15-11-2-1-3-12(16)10(11)8-14(19)13-9-17-4-6-18(13)7-5-17/h1-3,13-14,19H,4-9H2. The van der Waals surface area contributed by atoms with E-state index in [0.717, 1.165) is 32.7 Å². The van der Waals surface area contributed by atoms with E-state index in [2.05, 4.69) is 9.80 Å². The number of rotatable bonds is 3. The minimum absolute atomic E-state index is 0.0955. The zero-order valence-corrected chi connectivity index (χ0v) is 11.5. The van der Waals surface area contributed by atoms with Gasteiger partial charge in [-0.3, -0.25) is 9.80 Å². The minimum Gasteiger partial charge on any atom is -0.391 e. The molecule has 1 aromatic rings. The minimum atomic E-state index is -0.572. The van der Waals surface area contributed by atoms with E-state index in [9.17, 15) is 9.50 Å². The molecule has 3 heterocycles. The number of aliphatic hydroxyl groups is 1. The van der Waals surface area contributed by atoms with Crippen LogP contribution in [0.25, 0.3) is 0 Å². The molecule has 3 nitrogen and oxygen atoms in total. The number of benzene rings is 1. The second-order valence-electron chi connectivity index (χ2n) is 5.38. The van der Waals surface area contributed by atoms with Crippen molar-refractivity contribution >= 4 is 11.6 Å². The molecule has 0 radical (unpaired) electrons. The molecule has 19 heavy (non-hydrogen) atoms. The van der Waals surface area contributed by atoms with Gasteiger partial charge in [0.1, 0.15) is 5.82 Å². The molecular formula is C14H18ClFN2O. The zero-order chi connectivity index (χ0) is 13.4. The van der Waals surface area contributed by atoms with Crippen LogP contribution in [-0.4, -0.2) is 59.8 Å². The second kappa shape index (κ2) is 5.37. The lowest BCUT2D eigenvalue weighted by atomic mass is 9.96. The van der Waals surface area contributed by atoms with Crippen molar-refractivity contribution in [1.82, 2.24) is 9.80 Å². The lowest BCUT2D eigenvalue weighted by molar-refractivity contribution is -0.0455. The first kappa shape index (κ1) is 13.3. The molecule has 2 atom stereocenters. The Morgan fingerprint density at radius 3 is 2.63 bits per heavy atom. The number of fused-ring (bicyclic) bond motifs is 3. The highest BCUT2D eigenvalue weighted by molar-refractivity contribution is 6.31. The van der Waals surface area contributed by atoms with Gasteiger partial charge >= 0.3 is 0 Å². The van der Waals surface area contributed by atoms with E-state index >= 15 is 0 Å². The maximum absolute atomic E-state index is 13.7. The van der Waals surface area contributed by atoms with Crippen LogP contribution in [0.1, 0.15) is 5.56 Å². The van der Waals surface area contributed by atoms with Gasteiger partial charge in [0.2, 0.25) is 0 Å². The molecular weight excluding hydrogens is 267 g/mol. The van der Waals surface area contributed by atoms with E-state index in [-0.39, 0.29) is 18.3 Å². The van der Waals surface area contributed by atoms with Crippen molar-refractivity contribution in [2.75, 3.05) is 32.7 Å². The maximum atomic E-state index is 13.7. The van der Waals surface area contributed by atoms with Crippen LogP contribution in [0.2, 0.25) is 5.02 Å². The first-order chi connectivity index (χ1) is 9.15. The third-order valence-corrected chi connectivity index (χ3v) is 4.59. The van der Waals surface area contributed by atoms with Crippen molar-refractivity contribution in [2.45, 2.75) is 18.6 Å². The molecule has 0 aliphatic carbocycles. The fourth-order valence-electron chi connectivity index (χ4n) is 3.10. The molecule has 2 unspecified atom stereocenters. The summed E-state index contributed by atoms with van der Waals surface area (Å²) in [5, 5.41) is 10.8. The van der Waals surface area contributed by atoms with Gasteiger partial charge in [-0.25, -0.2) is 4.39 Å². The molecule has 5 heteroatoms. The maximum Gasteiger partial charge on any atom is 0.127 e. The number of piperazine rings is 3. The quantitative estimate of drug-likeness (QED) is 0.909. The van der Waals surface area contributed by atoms with E-state index in [1.165, 1.54) is 6.07 Å². The number of hydrogen-bond acceptors (Lipinski definition) is 3. The Balaban J connectivity index is 1.73. The van der Waals surface area contributed by atoms with Crippen LogP contribution in [0.4, 0.5) is 4.39 Å². The molecule has 3 aliphatic rings. The van der Waals surface area contributed by atoms with Gasteiger partial charge in [0.05, 0.1) is 6.10 Å². The fraction of sp³-hybridized carbons (Fsp3) is 0.571. The molecule has 0 spiro atoms. The number of nitrogens with zero attached hydrogens (tertiary/aromatic N) is 2. The molecule has 4 rings (SSSR count). The predicted octanol–water partition coefficient (Wildman–Crippen LogP) is 1.38. The largest absolute Gasteiger partial charge is 0.391 e. The van der Waals surface area contributed by atoms with Crippen molar-refractivity contribution in [2.24, 2.45) is 0 Å². The molecule has 0 saturated carbocycles. The Bertz CT molecular complexity index is 443. The molecule has 3 saturated heterocycles. The zero-order valence-electron chi connectivity index (χ0n) is 10.7. The Labute approximate surface area is 117 Å². The second-order valence-corrected chi connectivity index (χ2v) is 5.78. The molecule has 3 fully saturated rings. The van der Waals surface area contributed by atoms with Crippen molar-refractivity contribution in [3.8, 4) is 0 Å². The molecule has 1 N–H and O–H groups in total. The summed E-state index contributed by atoms with van der Waals surface area (Å²) in [6.07, 6.45) is -0.293. The molecule has 2 bridgehead atoms. The number of aliphatic hydroxyl groups excluding tert-OH is 1. The monoisotopic (exact) mass is 284 g/mol. The van der Waals surface area contributed by atoms with Gasteiger partial charge in [-0.05, 0) is 12.1 Å². The number of hydrogen-bond donors (Lipinski definition) is 1. The van der Waals surface area contributed by atoms with Crippen LogP contribution in [0.15, 0.2) is 18.2 Å². The first-order valence-electron chi connectivity index (χ1n) is 6.72. The van der Waals surface area contributed by atoms with Gasteiger partial charge < -0.3 is 5.11 Å². The van der Waals surface area contributed by atoms with Gasteiger partial charge in [0.15, 0.2) is 0 Å². The van der Waals surface area contributed by atoms with Crippen LogP contribution in [0, 0.1) is 5.82 Å². The molecule has 0 amide bonds. The Morgan fingerprint density at radius 2 is 2.05 bits per heavy atom. The van der Waals surface area contributed by atoms with Crippen LogP contribution < -0.4 is 0 Å². The van der Waals surface area contributed by atoms with Crippen LogP contribution in [-0.2, 0) is 6.42 Å². The summed E-state index contributed by atoms with van der Waals surface area (Å²) in [6.45, 7) is 5.00. The van der Waals surface area contributed by atoms with Gasteiger partial charge in [-0.2, -0.15) is 0 Å². The van der Waals surface area contributed by atoms with E-state index in [4.69, 9.17) is 11.6 Å². The summed E-state index contributed by atoms with van der Waals surface area (Å²) in [7, 11) is 0. The van der Waals surface area contributed by atoms with Gasteiger partial charge in [0.25, 0.3) is 0 Å². The highest BCUT2D eigenvalue weighted by Gasteiger charge is 2.36. The highest BCUT2D eigenvalue weighted by atomic mass is 35.5. The van der Waals surface area contributed by atoms with Gasteiger partial charge in [-0.1, -0.05) is 17.7 Å². The van der Waals surface area contributed by atoms with Crippen LogP contribution >= 0.6 is 11.6 Å². The Hall–Kier alpha value is -0.680. The van der Waals surface area contributed by atoms with E-state index in [0.29, 0.717) is 10.6 Å². The van der Waals surface area contributed by atoms with Crippen molar-refractivity contribution in [1.29, 1.82) is 0 Å². The SMILES string of the molecule is OC(Cc1c(F)cccc1Cl)C1CN2CCN1CC2. The van der Waals surface area contributed by atoms with Gasteiger partial charge in [0, 0.05) is 55.8 Å². The molecule has 3 aliphatic heterocycles. The lowest BCUT2D eigenvalue weighted by Gasteiger charge is -2.49. The summed E-state index contributed by atoms with van der Waals surface area (Å²) >= 11 is 6.02. The normalized spacial score (nSPS) is 31.4. The van der Waals surface area contributed by atoms with Crippen molar-refractivity contribution in [3.05, 3.63) is 34.6 Å². The Morgan fingerprint density at radius 1 is 1.32 bits per heavy atom. The summed E-state index contributed by atoms with van der Waals surface area (Å²) in [6, 6.07) is 4.75. The topological polar surface area (TPSA) is 26.7 Å². The summed E-state index contributed by atoms with van der Waals surface area (Å²) in [4.78, 5) is 4.66.